The van der Waals surface area contributed by atoms with E-state index in [0.29, 0.717) is 6.54 Å². The highest BCUT2D eigenvalue weighted by Crippen LogP contribution is 2.29. The Labute approximate surface area is 206 Å². The quantitative estimate of drug-likeness (QED) is 0.457. The lowest BCUT2D eigenvalue weighted by Crippen LogP contribution is -2.38. The third-order valence-corrected chi connectivity index (χ3v) is 7.71. The van der Waals surface area contributed by atoms with Gasteiger partial charge in [0.05, 0.1) is 19.0 Å². The number of rotatable bonds is 8. The smallest absolute Gasteiger partial charge is 0.348 e. The topological polar surface area (TPSA) is 76.5 Å². The molecule has 8 heteroatoms. The van der Waals surface area contributed by atoms with Crippen LogP contribution in [0.3, 0.4) is 0 Å². The summed E-state index contributed by atoms with van der Waals surface area (Å²) in [6.45, 7) is 11.3. The number of hydrogen-bond acceptors (Lipinski definition) is 6. The molecule has 0 unspecified atom stereocenters. The molecule has 2 aliphatic rings. The van der Waals surface area contributed by atoms with Crippen LogP contribution in [0.5, 0.6) is 0 Å². The van der Waals surface area contributed by atoms with Crippen molar-refractivity contribution in [2.75, 3.05) is 43.9 Å². The molecule has 1 aliphatic heterocycles. The number of benzene rings is 1. The van der Waals surface area contributed by atoms with E-state index in [4.69, 9.17) is 4.74 Å². The molecule has 34 heavy (non-hydrogen) atoms. The average Bonchev–Trinajstić information content (AvgIpc) is 2.82. The van der Waals surface area contributed by atoms with Crippen LogP contribution in [0.2, 0.25) is 0 Å². The van der Waals surface area contributed by atoms with Crippen molar-refractivity contribution in [1.29, 1.82) is 0 Å². The van der Waals surface area contributed by atoms with Gasteiger partial charge in [-0.05, 0) is 64.0 Å². The van der Waals surface area contributed by atoms with Crippen LogP contribution in [0.1, 0.15) is 47.2 Å². The van der Waals surface area contributed by atoms with Gasteiger partial charge in [-0.3, -0.25) is 14.3 Å². The van der Waals surface area contributed by atoms with Crippen molar-refractivity contribution in [3.05, 3.63) is 50.6 Å². The molecule has 2 aromatic rings. The molecule has 1 amide bonds. The second-order valence-corrected chi connectivity index (χ2v) is 10.4. The van der Waals surface area contributed by atoms with Crippen molar-refractivity contribution in [3.63, 3.8) is 0 Å². The van der Waals surface area contributed by atoms with Crippen molar-refractivity contribution in [2.24, 2.45) is 0 Å². The molecule has 7 nitrogen and oxygen atoms in total. The summed E-state index contributed by atoms with van der Waals surface area (Å²) in [6, 6.07) is 4.15. The fourth-order valence-electron chi connectivity index (χ4n) is 5.06. The monoisotopic (exact) mass is 484 g/mol. The van der Waals surface area contributed by atoms with Gasteiger partial charge in [0, 0.05) is 43.1 Å². The van der Waals surface area contributed by atoms with Crippen LogP contribution >= 0.6 is 11.8 Å². The Morgan fingerprint density at radius 3 is 2.53 bits per heavy atom. The fourth-order valence-corrected chi connectivity index (χ4v) is 5.94. The Morgan fingerprint density at radius 1 is 1.09 bits per heavy atom. The Balaban J connectivity index is 1.42. The van der Waals surface area contributed by atoms with E-state index in [1.807, 2.05) is 18.4 Å². The minimum Gasteiger partial charge on any atom is -0.379 e. The van der Waals surface area contributed by atoms with E-state index in [1.165, 1.54) is 17.3 Å². The molecule has 0 saturated carbocycles. The zero-order chi connectivity index (χ0) is 24.1. The Morgan fingerprint density at radius 2 is 1.79 bits per heavy atom. The standard InChI is InChI=1S/C26H36N4O3S/c1-18-15-19(2)24(20(3)16-18)27-23(31)17-34-25-21-7-4-5-8-22(21)30(26(32)28-25)10-6-9-29-11-13-33-14-12-29/h15-16H,4-14,17H2,1-3H3,(H,27,31). The number of carbonyl (C=O) groups excluding carboxylic acids is 1. The zero-order valence-corrected chi connectivity index (χ0v) is 21.4. The largest absolute Gasteiger partial charge is 0.379 e. The van der Waals surface area contributed by atoms with E-state index in [0.717, 1.165) is 98.0 Å². The Hall–Kier alpha value is -2.16. The summed E-state index contributed by atoms with van der Waals surface area (Å²) in [5, 5.41) is 3.79. The van der Waals surface area contributed by atoms with Crippen LogP contribution in [0.15, 0.2) is 22.0 Å². The number of morpholine rings is 1. The molecule has 0 atom stereocenters. The lowest BCUT2D eigenvalue weighted by Gasteiger charge is -2.27. The minimum absolute atomic E-state index is 0.0684. The number of nitrogens with one attached hydrogen (secondary N) is 1. The molecule has 4 rings (SSSR count). The number of aromatic nitrogens is 2. The van der Waals surface area contributed by atoms with Crippen LogP contribution < -0.4 is 11.0 Å². The molecule has 1 aliphatic carbocycles. The van der Waals surface area contributed by atoms with Crippen molar-refractivity contribution in [3.8, 4) is 0 Å². The van der Waals surface area contributed by atoms with Crippen molar-refractivity contribution in [2.45, 2.75) is 64.4 Å². The van der Waals surface area contributed by atoms with Crippen molar-refractivity contribution < 1.29 is 9.53 Å². The molecule has 1 N–H and O–H groups in total. The maximum absolute atomic E-state index is 13.0. The van der Waals surface area contributed by atoms with Crippen LogP contribution in [0.25, 0.3) is 0 Å². The van der Waals surface area contributed by atoms with Gasteiger partial charge in [0.2, 0.25) is 5.91 Å². The second kappa shape index (κ2) is 11.5. The number of aryl methyl sites for hydroxylation is 3. The van der Waals surface area contributed by atoms with Gasteiger partial charge < -0.3 is 10.1 Å². The molecule has 1 saturated heterocycles. The third kappa shape index (κ3) is 6.09. The molecule has 0 spiro atoms. The number of nitrogens with zero attached hydrogens (tertiary/aromatic N) is 3. The first kappa shape index (κ1) is 24.9. The highest BCUT2D eigenvalue weighted by atomic mass is 32.2. The first-order valence-corrected chi connectivity index (χ1v) is 13.3. The number of amides is 1. The number of anilines is 1. The SMILES string of the molecule is Cc1cc(C)c(NC(=O)CSc2nc(=O)n(CCCN3CCOCC3)c3c2CCCC3)c(C)c1. The van der Waals surface area contributed by atoms with E-state index in [-0.39, 0.29) is 17.3 Å². The summed E-state index contributed by atoms with van der Waals surface area (Å²) in [7, 11) is 0. The van der Waals surface area contributed by atoms with E-state index >= 15 is 0 Å². The van der Waals surface area contributed by atoms with Crippen molar-refractivity contribution >= 4 is 23.4 Å². The lowest BCUT2D eigenvalue weighted by molar-refractivity contribution is -0.113. The Kier molecular flexibility index (Phi) is 8.45. The van der Waals surface area contributed by atoms with Crippen LogP contribution in [0.4, 0.5) is 5.69 Å². The molecular weight excluding hydrogens is 448 g/mol. The van der Waals surface area contributed by atoms with Gasteiger partial charge in [0.25, 0.3) is 0 Å². The summed E-state index contributed by atoms with van der Waals surface area (Å²) < 4.78 is 7.31. The summed E-state index contributed by atoms with van der Waals surface area (Å²) in [6.07, 6.45) is 4.95. The van der Waals surface area contributed by atoms with Gasteiger partial charge in [-0.1, -0.05) is 29.5 Å². The number of carbonyl (C=O) groups is 1. The zero-order valence-electron chi connectivity index (χ0n) is 20.6. The Bertz CT molecular complexity index is 1070. The van der Waals surface area contributed by atoms with E-state index in [9.17, 15) is 9.59 Å². The molecular formula is C26H36N4O3S. The maximum atomic E-state index is 13.0. The first-order valence-electron chi connectivity index (χ1n) is 12.4. The predicted octanol–water partition coefficient (Wildman–Crippen LogP) is 3.50. The van der Waals surface area contributed by atoms with Crippen LogP contribution in [-0.2, 0) is 28.9 Å². The molecule has 2 heterocycles. The van der Waals surface area contributed by atoms with Gasteiger partial charge in [0.1, 0.15) is 5.03 Å². The molecule has 1 aromatic carbocycles. The van der Waals surface area contributed by atoms with Gasteiger partial charge in [-0.15, -0.1) is 0 Å². The van der Waals surface area contributed by atoms with Gasteiger partial charge in [-0.25, -0.2) is 4.79 Å². The van der Waals surface area contributed by atoms with E-state index < -0.39 is 0 Å². The summed E-state index contributed by atoms with van der Waals surface area (Å²) in [4.78, 5) is 32.5. The van der Waals surface area contributed by atoms with Crippen LogP contribution in [-0.4, -0.2) is 59.0 Å². The highest BCUT2D eigenvalue weighted by Gasteiger charge is 2.21. The normalized spacial score (nSPS) is 16.3. The number of thioether (sulfide) groups is 1. The minimum atomic E-state index is -0.184. The van der Waals surface area contributed by atoms with Gasteiger partial charge >= 0.3 is 5.69 Å². The summed E-state index contributed by atoms with van der Waals surface area (Å²) in [5.74, 6) is 0.174. The highest BCUT2D eigenvalue weighted by molar-refractivity contribution is 8.00. The molecule has 184 valence electrons. The number of fused-ring (bicyclic) bond motifs is 1. The first-order chi connectivity index (χ1) is 16.4. The summed E-state index contributed by atoms with van der Waals surface area (Å²) in [5.41, 5.74) is 6.29. The number of hydrogen-bond donors (Lipinski definition) is 1. The van der Waals surface area contributed by atoms with E-state index in [1.54, 1.807) is 0 Å². The summed E-state index contributed by atoms with van der Waals surface area (Å²) >= 11 is 1.39. The van der Waals surface area contributed by atoms with Crippen molar-refractivity contribution in [1.82, 2.24) is 14.5 Å². The molecule has 1 aromatic heterocycles. The predicted molar refractivity (Wildman–Crippen MR) is 137 cm³/mol. The molecule has 1 fully saturated rings. The molecule has 0 radical (unpaired) electrons. The second-order valence-electron chi connectivity index (χ2n) is 9.40. The molecule has 0 bridgehead atoms. The number of ether oxygens (including phenoxy) is 1. The third-order valence-electron chi connectivity index (χ3n) is 6.69. The maximum Gasteiger partial charge on any atom is 0.348 e. The fraction of sp³-hybridized carbons (Fsp3) is 0.577. The van der Waals surface area contributed by atoms with Crippen LogP contribution in [0, 0.1) is 20.8 Å². The van der Waals surface area contributed by atoms with Gasteiger partial charge in [-0.2, -0.15) is 4.98 Å². The van der Waals surface area contributed by atoms with Gasteiger partial charge in [0.15, 0.2) is 0 Å². The average molecular weight is 485 g/mol. The lowest BCUT2D eigenvalue weighted by atomic mass is 9.97. The van der Waals surface area contributed by atoms with E-state index in [2.05, 4.69) is 34.3 Å².